The molecule has 1 fully saturated rings. The van der Waals surface area contributed by atoms with Crippen molar-refractivity contribution in [3.05, 3.63) is 59.8 Å². The number of hydrogen-bond donors (Lipinski definition) is 1. The zero-order valence-electron chi connectivity index (χ0n) is 18.6. The number of nitrogens with one attached hydrogen (secondary N) is 1. The van der Waals surface area contributed by atoms with Crippen LogP contribution in [0.15, 0.2) is 42.6 Å². The fourth-order valence-electron chi connectivity index (χ4n) is 4.06. The number of aromatic nitrogens is 3. The number of amides is 1. The number of hydrogen-bond acceptors (Lipinski definition) is 5. The highest BCUT2D eigenvalue weighted by atomic mass is 19.1. The van der Waals surface area contributed by atoms with Gasteiger partial charge in [0.15, 0.2) is 5.65 Å². The topological polar surface area (TPSA) is 66.3 Å². The molecule has 0 saturated carbocycles. The standard InChI is InChI=1S/C24H31FN6O/c1-29-14-16-30(17-15-29)13-12-26-23(32)6-2-5-22-28-21-4-3-11-27-24(21)31(22)18-19-7-9-20(25)10-8-19/h3-4,7-11H,2,5-6,12-18H2,1H3,(H,26,32). The van der Waals surface area contributed by atoms with Crippen LogP contribution in [0.1, 0.15) is 24.2 Å². The molecule has 1 amide bonds. The number of imidazole rings is 1. The van der Waals surface area contributed by atoms with Crippen molar-refractivity contribution >= 4 is 17.1 Å². The van der Waals surface area contributed by atoms with Crippen LogP contribution in [-0.4, -0.2) is 76.6 Å². The second-order valence-electron chi connectivity index (χ2n) is 8.44. The maximum atomic E-state index is 13.3. The zero-order valence-corrected chi connectivity index (χ0v) is 18.6. The Balaban J connectivity index is 1.30. The van der Waals surface area contributed by atoms with Crippen molar-refractivity contribution in [3.63, 3.8) is 0 Å². The summed E-state index contributed by atoms with van der Waals surface area (Å²) in [7, 11) is 2.14. The summed E-state index contributed by atoms with van der Waals surface area (Å²) in [5.41, 5.74) is 2.63. The highest BCUT2D eigenvalue weighted by Gasteiger charge is 2.15. The van der Waals surface area contributed by atoms with Gasteiger partial charge >= 0.3 is 0 Å². The number of nitrogens with zero attached hydrogens (tertiary/aromatic N) is 5. The maximum absolute atomic E-state index is 13.3. The number of carbonyl (C=O) groups is 1. The predicted octanol–water partition coefficient (Wildman–Crippen LogP) is 2.30. The number of fused-ring (bicyclic) bond motifs is 1. The minimum absolute atomic E-state index is 0.0819. The van der Waals surface area contributed by atoms with E-state index < -0.39 is 0 Å². The molecule has 0 atom stereocenters. The highest BCUT2D eigenvalue weighted by molar-refractivity contribution is 5.76. The first-order chi connectivity index (χ1) is 15.6. The molecular formula is C24H31FN6O. The number of pyridine rings is 1. The lowest BCUT2D eigenvalue weighted by atomic mass is 10.2. The summed E-state index contributed by atoms with van der Waals surface area (Å²) in [5.74, 6) is 0.730. The molecule has 3 aromatic rings. The quantitative estimate of drug-likeness (QED) is 0.555. The number of halogens is 1. The molecule has 0 aliphatic carbocycles. The molecular weight excluding hydrogens is 407 g/mol. The molecule has 0 radical (unpaired) electrons. The van der Waals surface area contributed by atoms with Gasteiger partial charge in [0.25, 0.3) is 0 Å². The molecule has 8 heteroatoms. The second kappa shape index (κ2) is 10.7. The van der Waals surface area contributed by atoms with Gasteiger partial charge in [0.2, 0.25) is 5.91 Å². The lowest BCUT2D eigenvalue weighted by Crippen LogP contribution is -2.46. The van der Waals surface area contributed by atoms with E-state index in [4.69, 9.17) is 4.98 Å². The van der Waals surface area contributed by atoms with Crippen molar-refractivity contribution in [2.24, 2.45) is 0 Å². The lowest BCUT2D eigenvalue weighted by Gasteiger charge is -2.32. The predicted molar refractivity (Wildman–Crippen MR) is 123 cm³/mol. The van der Waals surface area contributed by atoms with Crippen molar-refractivity contribution in [2.45, 2.75) is 25.8 Å². The van der Waals surface area contributed by atoms with Gasteiger partial charge in [-0.2, -0.15) is 0 Å². The number of likely N-dealkylation sites (N-methyl/N-ethyl adjacent to an activating group) is 1. The second-order valence-corrected chi connectivity index (χ2v) is 8.44. The van der Waals surface area contributed by atoms with Crippen molar-refractivity contribution in [1.82, 2.24) is 29.7 Å². The Hall–Kier alpha value is -2.84. The maximum Gasteiger partial charge on any atom is 0.220 e. The molecule has 7 nitrogen and oxygen atoms in total. The molecule has 32 heavy (non-hydrogen) atoms. The summed E-state index contributed by atoms with van der Waals surface area (Å²) in [5, 5.41) is 3.04. The number of benzene rings is 1. The van der Waals surface area contributed by atoms with E-state index in [-0.39, 0.29) is 11.7 Å². The Kier molecular flexibility index (Phi) is 7.44. The van der Waals surface area contributed by atoms with Gasteiger partial charge in [0.05, 0.1) is 6.54 Å². The largest absolute Gasteiger partial charge is 0.355 e. The summed E-state index contributed by atoms with van der Waals surface area (Å²) in [6, 6.07) is 10.3. The van der Waals surface area contributed by atoms with Crippen LogP contribution in [-0.2, 0) is 17.8 Å². The smallest absolute Gasteiger partial charge is 0.220 e. The normalized spacial score (nSPS) is 15.3. The summed E-state index contributed by atoms with van der Waals surface area (Å²) in [6.07, 6.45) is 3.62. The van der Waals surface area contributed by atoms with Crippen molar-refractivity contribution in [2.75, 3.05) is 46.3 Å². The van der Waals surface area contributed by atoms with Gasteiger partial charge in [-0.15, -0.1) is 0 Å². The van der Waals surface area contributed by atoms with E-state index in [1.165, 1.54) is 12.1 Å². The van der Waals surface area contributed by atoms with E-state index in [1.54, 1.807) is 18.3 Å². The fraction of sp³-hybridized carbons (Fsp3) is 0.458. The van der Waals surface area contributed by atoms with Gasteiger partial charge in [0.1, 0.15) is 17.2 Å². The Morgan fingerprint density at radius 2 is 1.91 bits per heavy atom. The van der Waals surface area contributed by atoms with Gasteiger partial charge < -0.3 is 14.8 Å². The summed E-state index contributed by atoms with van der Waals surface area (Å²) in [6.45, 7) is 6.45. The lowest BCUT2D eigenvalue weighted by molar-refractivity contribution is -0.121. The van der Waals surface area contributed by atoms with Crippen LogP contribution in [0.5, 0.6) is 0 Å². The van der Waals surface area contributed by atoms with Crippen molar-refractivity contribution in [1.29, 1.82) is 0 Å². The first kappa shape index (κ1) is 22.4. The average molecular weight is 439 g/mol. The molecule has 4 rings (SSSR count). The minimum Gasteiger partial charge on any atom is -0.355 e. The summed E-state index contributed by atoms with van der Waals surface area (Å²) in [4.78, 5) is 26.2. The summed E-state index contributed by atoms with van der Waals surface area (Å²) < 4.78 is 15.3. The van der Waals surface area contributed by atoms with E-state index in [9.17, 15) is 9.18 Å². The molecule has 2 aromatic heterocycles. The zero-order chi connectivity index (χ0) is 22.3. The fourth-order valence-corrected chi connectivity index (χ4v) is 4.06. The van der Waals surface area contributed by atoms with Gasteiger partial charge in [-0.25, -0.2) is 14.4 Å². The highest BCUT2D eigenvalue weighted by Crippen LogP contribution is 2.18. The third-order valence-electron chi connectivity index (χ3n) is 5.99. The molecule has 1 aliphatic heterocycles. The van der Waals surface area contributed by atoms with Crippen molar-refractivity contribution < 1.29 is 9.18 Å². The third-order valence-corrected chi connectivity index (χ3v) is 5.99. The molecule has 0 spiro atoms. The third kappa shape index (κ3) is 5.89. The van der Waals surface area contributed by atoms with Gasteiger partial charge in [-0.05, 0) is 43.3 Å². The van der Waals surface area contributed by atoms with Crippen LogP contribution < -0.4 is 5.32 Å². The van der Waals surface area contributed by atoms with Crippen LogP contribution in [0, 0.1) is 5.82 Å². The molecule has 0 unspecified atom stereocenters. The van der Waals surface area contributed by atoms with E-state index in [0.717, 1.165) is 55.3 Å². The summed E-state index contributed by atoms with van der Waals surface area (Å²) >= 11 is 0. The Morgan fingerprint density at radius 1 is 1.12 bits per heavy atom. The molecule has 1 saturated heterocycles. The molecule has 170 valence electrons. The van der Waals surface area contributed by atoms with Crippen LogP contribution in [0.4, 0.5) is 4.39 Å². The average Bonchev–Trinajstić information content (AvgIpc) is 3.14. The van der Waals surface area contributed by atoms with E-state index in [0.29, 0.717) is 32.4 Å². The Morgan fingerprint density at radius 3 is 2.69 bits per heavy atom. The van der Waals surface area contributed by atoms with Gasteiger partial charge in [-0.1, -0.05) is 12.1 Å². The number of rotatable bonds is 9. The Labute approximate surface area is 188 Å². The molecule has 0 bridgehead atoms. The van der Waals surface area contributed by atoms with Crippen LogP contribution in [0.3, 0.4) is 0 Å². The number of piperazine rings is 1. The van der Waals surface area contributed by atoms with Gasteiger partial charge in [-0.3, -0.25) is 9.69 Å². The van der Waals surface area contributed by atoms with Crippen LogP contribution in [0.2, 0.25) is 0 Å². The van der Waals surface area contributed by atoms with Crippen LogP contribution >= 0.6 is 0 Å². The molecule has 1 N–H and O–H groups in total. The first-order valence-electron chi connectivity index (χ1n) is 11.3. The van der Waals surface area contributed by atoms with Crippen LogP contribution in [0.25, 0.3) is 11.2 Å². The molecule has 1 aromatic carbocycles. The minimum atomic E-state index is -0.249. The van der Waals surface area contributed by atoms with Crippen molar-refractivity contribution in [3.8, 4) is 0 Å². The SMILES string of the molecule is CN1CCN(CCNC(=O)CCCc2nc3cccnc3n2Cc2ccc(F)cc2)CC1. The first-order valence-corrected chi connectivity index (χ1v) is 11.3. The number of carbonyl (C=O) groups excluding carboxylic acids is 1. The monoisotopic (exact) mass is 438 g/mol. The van der Waals surface area contributed by atoms with E-state index in [2.05, 4.69) is 31.7 Å². The van der Waals surface area contributed by atoms with Gasteiger partial charge in [0, 0.05) is 58.3 Å². The molecule has 3 heterocycles. The number of aryl methyl sites for hydroxylation is 1. The Bertz CT molecular complexity index is 1030. The van der Waals surface area contributed by atoms with E-state index in [1.807, 2.05) is 12.1 Å². The molecule has 1 aliphatic rings. The van der Waals surface area contributed by atoms with E-state index >= 15 is 0 Å².